The number of nitrogens with zero attached hydrogens (tertiary/aromatic N) is 1. The third kappa shape index (κ3) is 3.71. The van der Waals surface area contributed by atoms with Gasteiger partial charge in [0, 0.05) is 0 Å². The van der Waals surface area contributed by atoms with Crippen molar-refractivity contribution in [2.45, 2.75) is 25.7 Å². The molecule has 0 spiro atoms. The number of carbonyl (C=O) groups excluding carboxylic acids is 3. The molecule has 1 saturated carbocycles. The number of carbonyl (C=O) groups is 3. The molecule has 0 aromatic heterocycles. The van der Waals surface area contributed by atoms with Crippen LogP contribution in [-0.2, 0) is 9.59 Å². The number of hydrogen-bond acceptors (Lipinski definition) is 4. The highest BCUT2D eigenvalue weighted by molar-refractivity contribution is 6.22. The van der Waals surface area contributed by atoms with Crippen LogP contribution in [0.1, 0.15) is 36.0 Å². The zero-order valence-electron chi connectivity index (χ0n) is 17.6. The van der Waals surface area contributed by atoms with Gasteiger partial charge in [0.25, 0.3) is 0 Å². The van der Waals surface area contributed by atoms with Gasteiger partial charge in [-0.05, 0) is 54.3 Å². The Morgan fingerprint density at radius 1 is 0.750 bits per heavy atom. The topological polar surface area (TPSA) is 63.7 Å². The van der Waals surface area contributed by atoms with E-state index in [0.717, 1.165) is 36.8 Å². The Bertz CT molecular complexity index is 1150. The summed E-state index contributed by atoms with van der Waals surface area (Å²) in [5.41, 5.74) is 2.84. The van der Waals surface area contributed by atoms with E-state index in [-0.39, 0.29) is 23.7 Å². The summed E-state index contributed by atoms with van der Waals surface area (Å²) in [5.74, 6) is -0.858. The summed E-state index contributed by atoms with van der Waals surface area (Å²) in [4.78, 5) is 39.7. The van der Waals surface area contributed by atoms with E-state index in [1.54, 1.807) is 36.4 Å². The van der Waals surface area contributed by atoms with E-state index in [2.05, 4.69) is 0 Å². The quantitative estimate of drug-likeness (QED) is 0.325. The molecule has 32 heavy (non-hydrogen) atoms. The Morgan fingerprint density at radius 2 is 1.38 bits per heavy atom. The molecule has 0 bridgehead atoms. The minimum atomic E-state index is -0.532. The second-order valence-corrected chi connectivity index (χ2v) is 8.34. The first-order valence-corrected chi connectivity index (χ1v) is 11.0. The maximum atomic E-state index is 12.9. The van der Waals surface area contributed by atoms with Gasteiger partial charge < -0.3 is 4.74 Å². The number of ether oxygens (including phenoxy) is 1. The molecule has 2 amide bonds. The van der Waals surface area contributed by atoms with Crippen LogP contribution in [0.5, 0.6) is 5.75 Å². The second kappa shape index (κ2) is 8.42. The molecule has 2 atom stereocenters. The molecule has 3 aromatic carbocycles. The zero-order valence-corrected chi connectivity index (χ0v) is 17.6. The molecule has 2 fully saturated rings. The molecule has 3 aromatic rings. The zero-order chi connectivity index (χ0) is 22.1. The van der Waals surface area contributed by atoms with Gasteiger partial charge in [-0.15, -0.1) is 0 Å². The number of benzene rings is 3. The molecule has 5 nitrogen and oxygen atoms in total. The normalized spacial score (nSPS) is 20.2. The van der Waals surface area contributed by atoms with Gasteiger partial charge in [-0.1, -0.05) is 61.4 Å². The molecule has 0 unspecified atom stereocenters. The van der Waals surface area contributed by atoms with Crippen molar-refractivity contribution >= 4 is 23.5 Å². The van der Waals surface area contributed by atoms with Crippen LogP contribution in [0, 0.1) is 11.8 Å². The summed E-state index contributed by atoms with van der Waals surface area (Å²) in [5, 5.41) is 0. The van der Waals surface area contributed by atoms with Gasteiger partial charge in [-0.3, -0.25) is 14.5 Å². The molecule has 160 valence electrons. The van der Waals surface area contributed by atoms with Crippen molar-refractivity contribution in [2.24, 2.45) is 11.8 Å². The van der Waals surface area contributed by atoms with Crippen molar-refractivity contribution < 1.29 is 19.1 Å². The molecule has 5 heteroatoms. The van der Waals surface area contributed by atoms with E-state index in [1.165, 1.54) is 4.90 Å². The minimum absolute atomic E-state index is 0.151. The molecule has 1 aliphatic carbocycles. The van der Waals surface area contributed by atoms with Crippen molar-refractivity contribution in [1.29, 1.82) is 0 Å². The fourth-order valence-electron chi connectivity index (χ4n) is 4.70. The van der Waals surface area contributed by atoms with Crippen LogP contribution >= 0.6 is 0 Å². The number of fused-ring (bicyclic) bond motifs is 1. The van der Waals surface area contributed by atoms with E-state index in [0.29, 0.717) is 17.0 Å². The molecular weight excluding hydrogens is 402 g/mol. The summed E-state index contributed by atoms with van der Waals surface area (Å²) in [6, 6.07) is 23.8. The van der Waals surface area contributed by atoms with E-state index in [9.17, 15) is 14.4 Å². The van der Waals surface area contributed by atoms with Crippen molar-refractivity contribution in [2.75, 3.05) is 4.90 Å². The first-order chi connectivity index (χ1) is 15.6. The molecule has 1 saturated heterocycles. The first kappa shape index (κ1) is 20.2. The van der Waals surface area contributed by atoms with Crippen LogP contribution in [0.15, 0.2) is 78.9 Å². The second-order valence-electron chi connectivity index (χ2n) is 8.34. The highest BCUT2D eigenvalue weighted by Crippen LogP contribution is 2.40. The number of anilines is 1. The SMILES string of the molecule is O=C(Oc1ccc(-c2ccccc2)cc1)c1cccc(N2C(=O)[C@H]3CCCC[C@H]3C2=O)c1. The summed E-state index contributed by atoms with van der Waals surface area (Å²) in [6.07, 6.45) is 3.46. The molecule has 5 rings (SSSR count). The predicted molar refractivity (Wildman–Crippen MR) is 121 cm³/mol. The third-order valence-corrected chi connectivity index (χ3v) is 6.35. The van der Waals surface area contributed by atoms with Crippen molar-refractivity contribution in [1.82, 2.24) is 0 Å². The maximum absolute atomic E-state index is 12.9. The molecular formula is C27H23NO4. The maximum Gasteiger partial charge on any atom is 0.343 e. The van der Waals surface area contributed by atoms with E-state index < -0.39 is 5.97 Å². The Morgan fingerprint density at radius 3 is 2.03 bits per heavy atom. The fraction of sp³-hybridized carbons (Fsp3) is 0.222. The largest absolute Gasteiger partial charge is 0.423 e. The third-order valence-electron chi connectivity index (χ3n) is 6.35. The lowest BCUT2D eigenvalue weighted by atomic mass is 9.81. The van der Waals surface area contributed by atoms with Crippen molar-refractivity contribution in [3.8, 4) is 16.9 Å². The lowest BCUT2D eigenvalue weighted by Crippen LogP contribution is -2.31. The van der Waals surface area contributed by atoms with Crippen LogP contribution in [0.3, 0.4) is 0 Å². The van der Waals surface area contributed by atoms with E-state index in [1.807, 2.05) is 42.5 Å². The standard InChI is InChI=1S/C27H23NO4/c29-25-23-11-4-5-12-24(23)26(30)28(25)21-10-6-9-20(17-21)27(31)32-22-15-13-19(14-16-22)18-7-2-1-3-8-18/h1-3,6-10,13-17,23-24H,4-5,11-12H2/t23-,24+. The minimum Gasteiger partial charge on any atom is -0.423 e. The molecule has 1 aliphatic heterocycles. The van der Waals surface area contributed by atoms with Crippen LogP contribution in [-0.4, -0.2) is 17.8 Å². The molecule has 1 heterocycles. The molecule has 0 radical (unpaired) electrons. The van der Waals surface area contributed by atoms with Gasteiger partial charge in [0.2, 0.25) is 11.8 Å². The Kier molecular flexibility index (Phi) is 5.31. The predicted octanol–water partition coefficient (Wildman–Crippen LogP) is 5.25. The lowest BCUT2D eigenvalue weighted by Gasteiger charge is -2.19. The summed E-state index contributed by atoms with van der Waals surface area (Å²) < 4.78 is 5.53. The van der Waals surface area contributed by atoms with Crippen LogP contribution in [0.2, 0.25) is 0 Å². The van der Waals surface area contributed by atoms with Gasteiger partial charge >= 0.3 is 5.97 Å². The van der Waals surface area contributed by atoms with Crippen LogP contribution in [0.4, 0.5) is 5.69 Å². The van der Waals surface area contributed by atoms with Gasteiger partial charge in [0.1, 0.15) is 5.75 Å². The van der Waals surface area contributed by atoms with Crippen molar-refractivity contribution in [3.05, 3.63) is 84.4 Å². The lowest BCUT2D eigenvalue weighted by molar-refractivity contribution is -0.122. The Hall–Kier alpha value is -3.73. The van der Waals surface area contributed by atoms with Gasteiger partial charge in [0.15, 0.2) is 0 Å². The Labute approximate surface area is 186 Å². The van der Waals surface area contributed by atoms with E-state index >= 15 is 0 Å². The number of amides is 2. The first-order valence-electron chi connectivity index (χ1n) is 11.0. The average molecular weight is 425 g/mol. The van der Waals surface area contributed by atoms with E-state index in [4.69, 9.17) is 4.74 Å². The van der Waals surface area contributed by atoms with Crippen LogP contribution < -0.4 is 9.64 Å². The summed E-state index contributed by atoms with van der Waals surface area (Å²) in [7, 11) is 0. The fourth-order valence-corrected chi connectivity index (χ4v) is 4.70. The summed E-state index contributed by atoms with van der Waals surface area (Å²) >= 11 is 0. The van der Waals surface area contributed by atoms with Gasteiger partial charge in [-0.2, -0.15) is 0 Å². The highest BCUT2D eigenvalue weighted by atomic mass is 16.5. The van der Waals surface area contributed by atoms with Crippen molar-refractivity contribution in [3.63, 3.8) is 0 Å². The average Bonchev–Trinajstić information content (AvgIpc) is 3.10. The van der Waals surface area contributed by atoms with Crippen LogP contribution in [0.25, 0.3) is 11.1 Å². The highest BCUT2D eigenvalue weighted by Gasteiger charge is 2.48. The molecule has 0 N–H and O–H groups in total. The smallest absolute Gasteiger partial charge is 0.343 e. The number of imide groups is 1. The number of hydrogen-bond donors (Lipinski definition) is 0. The molecule has 2 aliphatic rings. The number of rotatable bonds is 4. The Balaban J connectivity index is 1.33. The number of esters is 1. The monoisotopic (exact) mass is 425 g/mol. The van der Waals surface area contributed by atoms with Gasteiger partial charge in [0.05, 0.1) is 23.1 Å². The van der Waals surface area contributed by atoms with Gasteiger partial charge in [-0.25, -0.2) is 4.79 Å². The summed E-state index contributed by atoms with van der Waals surface area (Å²) in [6.45, 7) is 0.